The third kappa shape index (κ3) is 7.23. The van der Waals surface area contributed by atoms with Crippen molar-refractivity contribution in [2.24, 2.45) is 4.99 Å². The third-order valence-corrected chi connectivity index (χ3v) is 5.85. The van der Waals surface area contributed by atoms with Gasteiger partial charge in [-0.3, -0.25) is 4.99 Å². The first-order valence-corrected chi connectivity index (χ1v) is 11.9. The molecule has 2 aromatic rings. The van der Waals surface area contributed by atoms with Gasteiger partial charge >= 0.3 is 0 Å². The number of benzene rings is 1. The Balaban J connectivity index is 1.76. The molecule has 0 radical (unpaired) electrons. The summed E-state index contributed by atoms with van der Waals surface area (Å²) in [5, 5.41) is 12.8. The lowest BCUT2D eigenvalue weighted by atomic mass is 10.1. The highest BCUT2D eigenvalue weighted by Crippen LogP contribution is 2.26. The van der Waals surface area contributed by atoms with E-state index in [1.54, 1.807) is 0 Å². The molecule has 192 valence electrons. The van der Waals surface area contributed by atoms with E-state index in [1.165, 1.54) is 19.4 Å². The average molecular weight is 490 g/mol. The van der Waals surface area contributed by atoms with Gasteiger partial charge in [-0.15, -0.1) is 0 Å². The number of ether oxygens (including phenoxy) is 2. The van der Waals surface area contributed by atoms with Crippen LogP contribution in [0, 0.1) is 5.82 Å². The number of nitrogens with two attached hydrogens (primary N) is 2. The van der Waals surface area contributed by atoms with Crippen molar-refractivity contribution in [3.05, 3.63) is 34.8 Å². The minimum atomic E-state index is -0.398. The molecule has 10 nitrogen and oxygen atoms in total. The number of hydrogen-bond acceptors (Lipinski definition) is 10. The molecule has 1 atom stereocenters. The molecule has 1 aromatic carbocycles. The molecule has 1 aliphatic rings. The number of methoxy groups -OCH3 is 1. The number of aliphatic imine (C=N–C) groups is 1. The average Bonchev–Trinajstić information content (AvgIpc) is 3.37. The number of anilines is 3. The van der Waals surface area contributed by atoms with E-state index in [4.69, 9.17) is 20.9 Å². The predicted molar refractivity (Wildman–Crippen MR) is 135 cm³/mol. The minimum absolute atomic E-state index is 0.0358. The zero-order chi connectivity index (χ0) is 25.2. The summed E-state index contributed by atoms with van der Waals surface area (Å²) < 4.78 is 25.7. The van der Waals surface area contributed by atoms with Crippen LogP contribution in [0.2, 0.25) is 0 Å². The maximum Gasteiger partial charge on any atom is 0.222 e. The van der Waals surface area contributed by atoms with Crippen LogP contribution in [-0.4, -0.2) is 67.4 Å². The fourth-order valence-corrected chi connectivity index (χ4v) is 3.91. The topological polar surface area (TPSA) is 144 Å². The molecule has 0 spiro atoms. The largest absolute Gasteiger partial charge is 0.496 e. The second-order valence-electron chi connectivity index (χ2n) is 8.44. The Morgan fingerprint density at radius 2 is 2.17 bits per heavy atom. The third-order valence-electron chi connectivity index (χ3n) is 5.85. The van der Waals surface area contributed by atoms with Crippen LogP contribution in [0.5, 0.6) is 5.75 Å². The Morgan fingerprint density at radius 3 is 2.86 bits per heavy atom. The van der Waals surface area contributed by atoms with Crippen LogP contribution in [0.3, 0.4) is 0 Å². The molecule has 6 N–H and O–H groups in total. The number of nitrogens with one attached hydrogen (secondary N) is 1. The number of aromatic nitrogens is 2. The van der Waals surface area contributed by atoms with Crippen LogP contribution < -0.4 is 26.4 Å². The number of aliphatic hydroxyl groups excluding tert-OH is 1. The van der Waals surface area contributed by atoms with Crippen molar-refractivity contribution >= 4 is 23.7 Å². The molecule has 11 heteroatoms. The van der Waals surface area contributed by atoms with E-state index in [-0.39, 0.29) is 25.1 Å². The summed E-state index contributed by atoms with van der Waals surface area (Å²) in [4.78, 5) is 14.7. The van der Waals surface area contributed by atoms with Crippen molar-refractivity contribution < 1.29 is 19.0 Å². The lowest BCUT2D eigenvalue weighted by Crippen LogP contribution is -2.30. The van der Waals surface area contributed by atoms with Gasteiger partial charge < -0.3 is 36.3 Å². The van der Waals surface area contributed by atoms with E-state index in [2.05, 4.69) is 27.2 Å². The van der Waals surface area contributed by atoms with Crippen LogP contribution in [-0.2, 0) is 17.8 Å². The molecular formula is C24H36FN7O3. The minimum Gasteiger partial charge on any atom is -0.496 e. The van der Waals surface area contributed by atoms with E-state index in [1.807, 2.05) is 11.0 Å². The predicted octanol–water partition coefficient (Wildman–Crippen LogP) is 1.89. The van der Waals surface area contributed by atoms with E-state index < -0.39 is 5.82 Å². The molecule has 1 fully saturated rings. The quantitative estimate of drug-likeness (QED) is 0.310. The number of unbranched alkanes of at least 4 members (excludes halogenated alkanes) is 1. The van der Waals surface area contributed by atoms with Crippen LogP contribution in [0.25, 0.3) is 0 Å². The molecule has 0 bridgehead atoms. The number of halogens is 1. The lowest BCUT2D eigenvalue weighted by molar-refractivity contribution is 0.190. The summed E-state index contributed by atoms with van der Waals surface area (Å²) in [6.07, 6.45) is 4.29. The maximum atomic E-state index is 14.9. The molecule has 3 rings (SSSR count). The second-order valence-corrected chi connectivity index (χ2v) is 8.44. The van der Waals surface area contributed by atoms with Gasteiger partial charge in [-0.2, -0.15) is 4.98 Å². The highest BCUT2D eigenvalue weighted by atomic mass is 19.1. The molecule has 0 amide bonds. The number of hydrogen-bond donors (Lipinski definition) is 4. The molecule has 0 saturated carbocycles. The highest BCUT2D eigenvalue weighted by molar-refractivity contribution is 5.89. The summed E-state index contributed by atoms with van der Waals surface area (Å²) in [6, 6.07) is 3.58. The van der Waals surface area contributed by atoms with Crippen molar-refractivity contribution in [2.45, 2.75) is 45.3 Å². The molecule has 35 heavy (non-hydrogen) atoms. The Labute approximate surface area is 205 Å². The first-order valence-electron chi connectivity index (χ1n) is 11.9. The zero-order valence-corrected chi connectivity index (χ0v) is 20.5. The van der Waals surface area contributed by atoms with Gasteiger partial charge in [0.25, 0.3) is 0 Å². The normalized spacial score (nSPS) is 15.7. The fraction of sp³-hybridized carbons (Fsp3) is 0.542. The van der Waals surface area contributed by atoms with Crippen molar-refractivity contribution in [3.8, 4) is 5.75 Å². The number of nitrogens with zero attached hydrogens (tertiary/aromatic N) is 4. The Hall–Kier alpha value is -3.02. The van der Waals surface area contributed by atoms with Crippen LogP contribution in [0.15, 0.2) is 17.1 Å². The van der Waals surface area contributed by atoms with Crippen LogP contribution in [0.4, 0.5) is 21.8 Å². The molecule has 1 unspecified atom stereocenters. The monoisotopic (exact) mass is 489 g/mol. The smallest absolute Gasteiger partial charge is 0.222 e. The lowest BCUT2D eigenvalue weighted by Gasteiger charge is -2.24. The van der Waals surface area contributed by atoms with Crippen LogP contribution in [0.1, 0.15) is 43.0 Å². The van der Waals surface area contributed by atoms with E-state index in [0.29, 0.717) is 54.8 Å². The first-order chi connectivity index (χ1) is 17.0. The second kappa shape index (κ2) is 13.2. The highest BCUT2D eigenvalue weighted by Gasteiger charge is 2.18. The number of aliphatic hydroxyl groups is 1. The van der Waals surface area contributed by atoms with Gasteiger partial charge in [0.2, 0.25) is 5.95 Å². The summed E-state index contributed by atoms with van der Waals surface area (Å²) >= 11 is 0. The molecule has 1 aliphatic heterocycles. The van der Waals surface area contributed by atoms with E-state index in [0.717, 1.165) is 31.4 Å². The molecule has 1 aromatic heterocycles. The molecule has 2 heterocycles. The summed E-state index contributed by atoms with van der Waals surface area (Å²) in [7, 11) is 1.51. The van der Waals surface area contributed by atoms with Gasteiger partial charge in [-0.05, 0) is 30.5 Å². The summed E-state index contributed by atoms with van der Waals surface area (Å²) in [5.41, 5.74) is 14.0. The Bertz CT molecular complexity index is 1000. The van der Waals surface area contributed by atoms with Crippen molar-refractivity contribution in [1.82, 2.24) is 15.3 Å². The molecule has 1 saturated heterocycles. The van der Waals surface area contributed by atoms with Gasteiger partial charge in [0, 0.05) is 38.5 Å². The van der Waals surface area contributed by atoms with Crippen molar-refractivity contribution in [2.75, 3.05) is 56.4 Å². The van der Waals surface area contributed by atoms with Crippen LogP contribution >= 0.6 is 0 Å². The van der Waals surface area contributed by atoms with E-state index >= 15 is 0 Å². The Morgan fingerprint density at radius 1 is 1.34 bits per heavy atom. The Kier molecular flexibility index (Phi) is 10.0. The molecule has 0 aliphatic carbocycles. The van der Waals surface area contributed by atoms with Gasteiger partial charge in [-0.1, -0.05) is 13.3 Å². The van der Waals surface area contributed by atoms with Crippen molar-refractivity contribution in [3.63, 3.8) is 0 Å². The van der Waals surface area contributed by atoms with Gasteiger partial charge in [-0.25, -0.2) is 9.37 Å². The summed E-state index contributed by atoms with van der Waals surface area (Å²) in [5.74, 6) is 0.523. The van der Waals surface area contributed by atoms with Gasteiger partial charge in [0.05, 0.1) is 32.4 Å². The SMILES string of the molecule is CCCCN(CCO)c1nc(N)nc(C=NCc2c(F)cc(CNC3CCOC3)cc2OC)c1N. The van der Waals surface area contributed by atoms with Gasteiger partial charge in [0.1, 0.15) is 22.9 Å². The number of nitrogen functional groups attached to an aromatic ring is 2. The standard InChI is InChI=1S/C24H36FN7O3/c1-3-4-6-32(7-8-33)23-22(26)20(30-24(27)31-23)14-28-13-18-19(25)10-16(11-21(18)34-2)12-29-17-5-9-35-15-17/h10-11,14,17,29,33H,3-9,12-13,15,26H2,1-2H3,(H2,27,30,31). The zero-order valence-electron chi connectivity index (χ0n) is 20.5. The first kappa shape index (κ1) is 26.6. The maximum absolute atomic E-state index is 14.9. The number of rotatable bonds is 13. The van der Waals surface area contributed by atoms with Crippen molar-refractivity contribution in [1.29, 1.82) is 0 Å². The van der Waals surface area contributed by atoms with E-state index in [9.17, 15) is 9.50 Å². The van der Waals surface area contributed by atoms with Gasteiger partial charge in [0.15, 0.2) is 5.82 Å². The fourth-order valence-electron chi connectivity index (χ4n) is 3.91. The molecular weight excluding hydrogens is 453 g/mol. The summed E-state index contributed by atoms with van der Waals surface area (Å²) in [6.45, 7) is 5.04.